The lowest BCUT2D eigenvalue weighted by atomic mass is 10.0. The van der Waals surface area contributed by atoms with Crippen molar-refractivity contribution in [2.45, 2.75) is 38.3 Å². The van der Waals surface area contributed by atoms with E-state index in [1.807, 2.05) is 6.07 Å². The molecule has 2 aromatic rings. The van der Waals surface area contributed by atoms with Crippen molar-refractivity contribution >= 4 is 11.6 Å². The predicted octanol–water partition coefficient (Wildman–Crippen LogP) is 5.07. The number of benzene rings is 2. The fourth-order valence-corrected chi connectivity index (χ4v) is 3.33. The van der Waals surface area contributed by atoms with Gasteiger partial charge in [-0.15, -0.1) is 0 Å². The third-order valence-corrected chi connectivity index (χ3v) is 4.43. The van der Waals surface area contributed by atoms with Gasteiger partial charge in [-0.2, -0.15) is 0 Å². The second-order valence-corrected chi connectivity index (χ2v) is 5.91. The van der Waals surface area contributed by atoms with Crippen LogP contribution in [0.3, 0.4) is 0 Å². The van der Waals surface area contributed by atoms with Crippen molar-refractivity contribution < 1.29 is 0 Å². The fraction of sp³-hybridized carbons (Fsp3) is 0.333. The Morgan fingerprint density at radius 2 is 2.00 bits per heavy atom. The minimum absolute atomic E-state index is 0.419. The standard InChI is InChI=1S/C18H20ClN/c1-2-17(13-6-4-3-5-7-13)20-18-11-8-14-12-15(19)9-10-16(14)18/h3-7,9-10,12,17-18,20H,2,8,11H2,1H3. The molecule has 0 fully saturated rings. The Labute approximate surface area is 126 Å². The number of aryl methyl sites for hydroxylation is 1. The molecule has 2 atom stereocenters. The molecule has 1 aliphatic rings. The molecule has 0 bridgehead atoms. The molecule has 1 nitrogen and oxygen atoms in total. The minimum atomic E-state index is 0.419. The number of nitrogens with one attached hydrogen (secondary N) is 1. The predicted molar refractivity (Wildman–Crippen MR) is 85.1 cm³/mol. The SMILES string of the molecule is CCC(NC1CCc2cc(Cl)ccc21)c1ccccc1. The van der Waals surface area contributed by atoms with Gasteiger partial charge in [0, 0.05) is 17.1 Å². The highest BCUT2D eigenvalue weighted by Gasteiger charge is 2.24. The van der Waals surface area contributed by atoms with Gasteiger partial charge in [0.15, 0.2) is 0 Å². The van der Waals surface area contributed by atoms with Gasteiger partial charge in [-0.05, 0) is 48.1 Å². The van der Waals surface area contributed by atoms with Crippen LogP contribution in [0.1, 0.15) is 48.5 Å². The van der Waals surface area contributed by atoms with Gasteiger partial charge in [0.1, 0.15) is 0 Å². The molecule has 2 heteroatoms. The van der Waals surface area contributed by atoms with Crippen LogP contribution in [-0.2, 0) is 6.42 Å². The fourth-order valence-electron chi connectivity index (χ4n) is 3.14. The van der Waals surface area contributed by atoms with Crippen LogP contribution in [0.5, 0.6) is 0 Å². The van der Waals surface area contributed by atoms with Gasteiger partial charge in [-0.25, -0.2) is 0 Å². The molecule has 1 N–H and O–H groups in total. The molecule has 0 amide bonds. The smallest absolute Gasteiger partial charge is 0.0408 e. The van der Waals surface area contributed by atoms with Crippen molar-refractivity contribution in [3.8, 4) is 0 Å². The molecule has 0 aliphatic heterocycles. The Balaban J connectivity index is 1.79. The Morgan fingerprint density at radius 3 is 2.75 bits per heavy atom. The first kappa shape index (κ1) is 13.7. The lowest BCUT2D eigenvalue weighted by Crippen LogP contribution is -2.24. The summed E-state index contributed by atoms with van der Waals surface area (Å²) in [5.74, 6) is 0. The Bertz CT molecular complexity index is 579. The van der Waals surface area contributed by atoms with Crippen LogP contribution in [0.4, 0.5) is 0 Å². The molecule has 3 rings (SSSR count). The number of hydrogen-bond acceptors (Lipinski definition) is 1. The molecule has 0 spiro atoms. The van der Waals surface area contributed by atoms with E-state index < -0.39 is 0 Å². The summed E-state index contributed by atoms with van der Waals surface area (Å²) < 4.78 is 0. The normalized spacial score (nSPS) is 18.8. The molecule has 0 radical (unpaired) electrons. The molecule has 2 aromatic carbocycles. The van der Waals surface area contributed by atoms with Crippen molar-refractivity contribution in [3.05, 3.63) is 70.2 Å². The second-order valence-electron chi connectivity index (χ2n) is 5.47. The number of hydrogen-bond donors (Lipinski definition) is 1. The summed E-state index contributed by atoms with van der Waals surface area (Å²) in [6, 6.07) is 17.9. The molecule has 0 heterocycles. The number of halogens is 1. The summed E-state index contributed by atoms with van der Waals surface area (Å²) in [5.41, 5.74) is 4.19. The summed E-state index contributed by atoms with van der Waals surface area (Å²) in [4.78, 5) is 0. The summed E-state index contributed by atoms with van der Waals surface area (Å²) in [5, 5.41) is 4.66. The first-order valence-corrected chi connectivity index (χ1v) is 7.75. The van der Waals surface area contributed by atoms with Gasteiger partial charge in [-0.3, -0.25) is 0 Å². The molecule has 1 aliphatic carbocycles. The maximum absolute atomic E-state index is 6.08. The van der Waals surface area contributed by atoms with Gasteiger partial charge in [0.25, 0.3) is 0 Å². The van der Waals surface area contributed by atoms with Crippen LogP contribution in [0.2, 0.25) is 5.02 Å². The first-order valence-electron chi connectivity index (χ1n) is 7.37. The van der Waals surface area contributed by atoms with E-state index in [1.165, 1.54) is 23.1 Å². The third-order valence-electron chi connectivity index (χ3n) is 4.20. The van der Waals surface area contributed by atoms with E-state index in [0.29, 0.717) is 12.1 Å². The van der Waals surface area contributed by atoms with Crippen LogP contribution >= 0.6 is 11.6 Å². The molecular formula is C18H20ClN. The average molecular weight is 286 g/mol. The van der Waals surface area contributed by atoms with Gasteiger partial charge in [-0.1, -0.05) is 54.9 Å². The highest BCUT2D eigenvalue weighted by molar-refractivity contribution is 6.30. The Kier molecular flexibility index (Phi) is 4.09. The summed E-state index contributed by atoms with van der Waals surface area (Å²) >= 11 is 6.08. The van der Waals surface area contributed by atoms with Crippen LogP contribution in [0.25, 0.3) is 0 Å². The minimum Gasteiger partial charge on any atom is -0.303 e. The van der Waals surface area contributed by atoms with Crippen LogP contribution in [0.15, 0.2) is 48.5 Å². The molecule has 104 valence electrons. The maximum atomic E-state index is 6.08. The quantitative estimate of drug-likeness (QED) is 0.827. The van der Waals surface area contributed by atoms with Crippen molar-refractivity contribution in [1.29, 1.82) is 0 Å². The van der Waals surface area contributed by atoms with Gasteiger partial charge in [0.2, 0.25) is 0 Å². The van der Waals surface area contributed by atoms with E-state index in [9.17, 15) is 0 Å². The second kappa shape index (κ2) is 5.99. The Hall–Kier alpha value is -1.31. The van der Waals surface area contributed by atoms with Gasteiger partial charge < -0.3 is 5.32 Å². The number of rotatable bonds is 4. The first-order chi connectivity index (χ1) is 9.78. The van der Waals surface area contributed by atoms with Crippen LogP contribution in [0, 0.1) is 0 Å². The van der Waals surface area contributed by atoms with E-state index in [1.54, 1.807) is 0 Å². The largest absolute Gasteiger partial charge is 0.303 e. The highest BCUT2D eigenvalue weighted by Crippen LogP contribution is 2.35. The Morgan fingerprint density at radius 1 is 1.20 bits per heavy atom. The van der Waals surface area contributed by atoms with Crippen molar-refractivity contribution in [1.82, 2.24) is 5.32 Å². The molecule has 0 saturated heterocycles. The topological polar surface area (TPSA) is 12.0 Å². The lowest BCUT2D eigenvalue weighted by molar-refractivity contribution is 0.433. The van der Waals surface area contributed by atoms with Crippen LogP contribution in [-0.4, -0.2) is 0 Å². The molecule has 2 unspecified atom stereocenters. The third kappa shape index (κ3) is 2.74. The van der Waals surface area contributed by atoms with E-state index in [0.717, 1.165) is 17.9 Å². The van der Waals surface area contributed by atoms with Gasteiger partial charge >= 0.3 is 0 Å². The molecular weight excluding hydrogens is 266 g/mol. The monoisotopic (exact) mass is 285 g/mol. The molecule has 20 heavy (non-hydrogen) atoms. The van der Waals surface area contributed by atoms with E-state index in [4.69, 9.17) is 11.6 Å². The lowest BCUT2D eigenvalue weighted by Gasteiger charge is -2.23. The zero-order valence-corrected chi connectivity index (χ0v) is 12.5. The van der Waals surface area contributed by atoms with Crippen molar-refractivity contribution in [2.24, 2.45) is 0 Å². The van der Waals surface area contributed by atoms with Crippen molar-refractivity contribution in [2.75, 3.05) is 0 Å². The van der Waals surface area contributed by atoms with E-state index in [-0.39, 0.29) is 0 Å². The zero-order chi connectivity index (χ0) is 13.9. The average Bonchev–Trinajstić information content (AvgIpc) is 2.87. The molecule has 0 saturated carbocycles. The summed E-state index contributed by atoms with van der Waals surface area (Å²) in [6.45, 7) is 2.24. The van der Waals surface area contributed by atoms with E-state index in [2.05, 4.69) is 54.7 Å². The zero-order valence-electron chi connectivity index (χ0n) is 11.8. The van der Waals surface area contributed by atoms with E-state index >= 15 is 0 Å². The highest BCUT2D eigenvalue weighted by atomic mass is 35.5. The molecule has 0 aromatic heterocycles. The summed E-state index contributed by atoms with van der Waals surface area (Å²) in [7, 11) is 0. The van der Waals surface area contributed by atoms with Crippen LogP contribution < -0.4 is 5.32 Å². The van der Waals surface area contributed by atoms with Crippen molar-refractivity contribution in [3.63, 3.8) is 0 Å². The summed E-state index contributed by atoms with van der Waals surface area (Å²) in [6.07, 6.45) is 3.39. The van der Waals surface area contributed by atoms with Gasteiger partial charge in [0.05, 0.1) is 0 Å². The maximum Gasteiger partial charge on any atom is 0.0408 e. The number of fused-ring (bicyclic) bond motifs is 1.